The third-order valence-corrected chi connectivity index (χ3v) is 3.98. The van der Waals surface area contributed by atoms with Crippen LogP contribution in [0.2, 0.25) is 0 Å². The van der Waals surface area contributed by atoms with Crippen LogP contribution in [0.5, 0.6) is 5.75 Å². The Hall–Kier alpha value is -2.48. The van der Waals surface area contributed by atoms with Crippen LogP contribution in [0.25, 0.3) is 0 Å². The average molecular weight is 341 g/mol. The summed E-state index contributed by atoms with van der Waals surface area (Å²) in [5.74, 6) is -2.77. The molecule has 0 aliphatic rings. The average Bonchev–Trinajstić information content (AvgIpc) is 2.48. The molecule has 0 atom stereocenters. The first-order valence-electron chi connectivity index (χ1n) is 6.44. The summed E-state index contributed by atoms with van der Waals surface area (Å²) in [5, 5.41) is 2.40. The molecule has 0 fully saturated rings. The van der Waals surface area contributed by atoms with E-state index in [1.54, 1.807) is 6.07 Å². The SMILES string of the molecule is CS(=O)(=O)c1ccccc1NC(=O)COc1ccc(F)c(F)c1. The van der Waals surface area contributed by atoms with Crippen molar-refractivity contribution in [2.45, 2.75) is 4.90 Å². The third-order valence-electron chi connectivity index (χ3n) is 2.82. The lowest BCUT2D eigenvalue weighted by Gasteiger charge is -2.10. The van der Waals surface area contributed by atoms with Gasteiger partial charge in [0, 0.05) is 12.3 Å². The van der Waals surface area contributed by atoms with Crippen LogP contribution in [0.1, 0.15) is 0 Å². The molecular formula is C15H13F2NO4S. The first-order valence-corrected chi connectivity index (χ1v) is 8.33. The van der Waals surface area contributed by atoms with Crippen molar-refractivity contribution in [1.82, 2.24) is 0 Å². The Labute approximate surface area is 131 Å². The number of carbonyl (C=O) groups excluding carboxylic acids is 1. The highest BCUT2D eigenvalue weighted by Gasteiger charge is 2.15. The summed E-state index contributed by atoms with van der Waals surface area (Å²) in [6.07, 6.45) is 1.02. The summed E-state index contributed by atoms with van der Waals surface area (Å²) in [6, 6.07) is 8.77. The van der Waals surface area contributed by atoms with Gasteiger partial charge in [0.25, 0.3) is 5.91 Å². The number of para-hydroxylation sites is 1. The molecule has 0 aliphatic carbocycles. The second-order valence-corrected chi connectivity index (χ2v) is 6.67. The molecule has 0 spiro atoms. The van der Waals surface area contributed by atoms with E-state index in [1.165, 1.54) is 24.3 Å². The molecule has 5 nitrogen and oxygen atoms in total. The van der Waals surface area contributed by atoms with Crippen molar-refractivity contribution in [3.05, 3.63) is 54.1 Å². The predicted molar refractivity (Wildman–Crippen MR) is 80.0 cm³/mol. The van der Waals surface area contributed by atoms with Crippen LogP contribution in [-0.2, 0) is 14.6 Å². The van der Waals surface area contributed by atoms with Crippen LogP contribution < -0.4 is 10.1 Å². The van der Waals surface area contributed by atoms with Crippen molar-refractivity contribution in [3.63, 3.8) is 0 Å². The normalized spacial score (nSPS) is 11.1. The van der Waals surface area contributed by atoms with E-state index in [2.05, 4.69) is 5.32 Å². The van der Waals surface area contributed by atoms with Gasteiger partial charge < -0.3 is 10.1 Å². The van der Waals surface area contributed by atoms with Gasteiger partial charge in [0.1, 0.15) is 5.75 Å². The summed E-state index contributed by atoms with van der Waals surface area (Å²) < 4.78 is 54.1. The molecule has 0 aliphatic heterocycles. The topological polar surface area (TPSA) is 72.5 Å². The molecule has 2 rings (SSSR count). The van der Waals surface area contributed by atoms with Gasteiger partial charge in [-0.25, -0.2) is 17.2 Å². The number of carbonyl (C=O) groups is 1. The number of hydrogen-bond acceptors (Lipinski definition) is 4. The molecular weight excluding hydrogens is 328 g/mol. The molecule has 0 unspecified atom stereocenters. The Balaban J connectivity index is 2.04. The summed E-state index contributed by atoms with van der Waals surface area (Å²) in [7, 11) is -3.50. The fraction of sp³-hybridized carbons (Fsp3) is 0.133. The highest BCUT2D eigenvalue weighted by Crippen LogP contribution is 2.20. The van der Waals surface area contributed by atoms with E-state index in [4.69, 9.17) is 4.74 Å². The van der Waals surface area contributed by atoms with Crippen LogP contribution >= 0.6 is 0 Å². The lowest BCUT2D eigenvalue weighted by molar-refractivity contribution is -0.118. The van der Waals surface area contributed by atoms with E-state index in [0.717, 1.165) is 18.4 Å². The van der Waals surface area contributed by atoms with Gasteiger partial charge in [-0.05, 0) is 24.3 Å². The quantitative estimate of drug-likeness (QED) is 0.906. The zero-order valence-electron chi connectivity index (χ0n) is 12.0. The van der Waals surface area contributed by atoms with Crippen molar-refractivity contribution in [3.8, 4) is 5.75 Å². The molecule has 8 heteroatoms. The van der Waals surface area contributed by atoms with E-state index in [-0.39, 0.29) is 16.3 Å². The van der Waals surface area contributed by atoms with Crippen LogP contribution in [0, 0.1) is 11.6 Å². The van der Waals surface area contributed by atoms with Gasteiger partial charge in [-0.3, -0.25) is 4.79 Å². The Morgan fingerprint density at radius 1 is 1.13 bits per heavy atom. The summed E-state index contributed by atoms with van der Waals surface area (Å²) in [4.78, 5) is 11.8. The molecule has 0 aromatic heterocycles. The maximum absolute atomic E-state index is 13.0. The van der Waals surface area contributed by atoms with E-state index in [0.29, 0.717) is 0 Å². The minimum atomic E-state index is -3.50. The fourth-order valence-corrected chi connectivity index (χ4v) is 2.64. The maximum atomic E-state index is 13.0. The van der Waals surface area contributed by atoms with Crippen LogP contribution in [-0.4, -0.2) is 27.2 Å². The van der Waals surface area contributed by atoms with Gasteiger partial charge in [0.15, 0.2) is 28.1 Å². The molecule has 0 heterocycles. The predicted octanol–water partition coefficient (Wildman–Crippen LogP) is 2.39. The Kier molecular flexibility index (Phi) is 4.95. The Morgan fingerprint density at radius 2 is 1.83 bits per heavy atom. The van der Waals surface area contributed by atoms with Crippen molar-refractivity contribution >= 4 is 21.4 Å². The maximum Gasteiger partial charge on any atom is 0.262 e. The van der Waals surface area contributed by atoms with E-state index in [9.17, 15) is 22.0 Å². The summed E-state index contributed by atoms with van der Waals surface area (Å²) in [6.45, 7) is -0.483. The highest BCUT2D eigenvalue weighted by molar-refractivity contribution is 7.90. The van der Waals surface area contributed by atoms with Crippen molar-refractivity contribution in [2.24, 2.45) is 0 Å². The third kappa shape index (κ3) is 4.49. The first kappa shape index (κ1) is 16.9. The van der Waals surface area contributed by atoms with Crippen LogP contribution in [0.15, 0.2) is 47.4 Å². The number of benzene rings is 2. The largest absolute Gasteiger partial charge is 0.484 e. The van der Waals surface area contributed by atoms with Crippen LogP contribution in [0.3, 0.4) is 0 Å². The zero-order valence-corrected chi connectivity index (χ0v) is 12.9. The summed E-state index contributed by atoms with van der Waals surface area (Å²) in [5.41, 5.74) is 0.119. The number of halogens is 2. The van der Waals surface area contributed by atoms with Crippen molar-refractivity contribution in [1.29, 1.82) is 0 Å². The number of ether oxygens (including phenoxy) is 1. The second-order valence-electron chi connectivity index (χ2n) is 4.68. The molecule has 0 saturated heterocycles. The number of anilines is 1. The molecule has 0 radical (unpaired) electrons. The van der Waals surface area contributed by atoms with Gasteiger partial charge >= 0.3 is 0 Å². The molecule has 1 amide bonds. The fourth-order valence-electron chi connectivity index (χ4n) is 1.80. The van der Waals surface area contributed by atoms with Crippen molar-refractivity contribution in [2.75, 3.05) is 18.2 Å². The monoisotopic (exact) mass is 341 g/mol. The van der Waals surface area contributed by atoms with E-state index >= 15 is 0 Å². The molecule has 0 bridgehead atoms. The molecule has 1 N–H and O–H groups in total. The van der Waals surface area contributed by atoms with Gasteiger partial charge in [0.2, 0.25) is 0 Å². The van der Waals surface area contributed by atoms with Gasteiger partial charge in [-0.15, -0.1) is 0 Å². The standard InChI is InChI=1S/C15H13F2NO4S/c1-23(20,21)14-5-3-2-4-13(14)18-15(19)9-22-10-6-7-11(16)12(17)8-10/h2-8H,9H2,1H3,(H,18,19). The van der Waals surface area contributed by atoms with Gasteiger partial charge in [0.05, 0.1) is 10.6 Å². The Bertz CT molecular complexity index is 837. The summed E-state index contributed by atoms with van der Waals surface area (Å²) >= 11 is 0. The molecule has 122 valence electrons. The molecule has 0 saturated carbocycles. The second kappa shape index (κ2) is 6.74. The molecule has 2 aromatic carbocycles. The number of hydrogen-bond donors (Lipinski definition) is 1. The van der Waals surface area contributed by atoms with E-state index < -0.39 is 34.0 Å². The van der Waals surface area contributed by atoms with Crippen LogP contribution in [0.4, 0.5) is 14.5 Å². The smallest absolute Gasteiger partial charge is 0.262 e. The number of rotatable bonds is 5. The highest BCUT2D eigenvalue weighted by atomic mass is 32.2. The lowest BCUT2D eigenvalue weighted by Crippen LogP contribution is -2.21. The number of sulfone groups is 1. The molecule has 23 heavy (non-hydrogen) atoms. The lowest BCUT2D eigenvalue weighted by atomic mass is 10.3. The van der Waals surface area contributed by atoms with Gasteiger partial charge in [-0.2, -0.15) is 0 Å². The zero-order chi connectivity index (χ0) is 17.0. The van der Waals surface area contributed by atoms with Crippen molar-refractivity contribution < 1.29 is 26.7 Å². The molecule has 2 aromatic rings. The minimum Gasteiger partial charge on any atom is -0.484 e. The Morgan fingerprint density at radius 3 is 2.48 bits per heavy atom. The van der Waals surface area contributed by atoms with E-state index in [1.807, 2.05) is 0 Å². The number of amides is 1. The minimum absolute atomic E-state index is 0.0181. The first-order chi connectivity index (χ1) is 10.8. The number of nitrogens with one attached hydrogen (secondary N) is 1. The van der Waals surface area contributed by atoms with Gasteiger partial charge in [-0.1, -0.05) is 12.1 Å².